The van der Waals surface area contributed by atoms with E-state index in [2.05, 4.69) is 0 Å². The summed E-state index contributed by atoms with van der Waals surface area (Å²) in [6, 6.07) is 6.96. The summed E-state index contributed by atoms with van der Waals surface area (Å²) in [7, 11) is -0.693. The Balaban J connectivity index is 2.61. The maximum Gasteiger partial charge on any atom is 0.339 e. The standard InChI is InChI=1S/C23H32N2O5S2/c1-6-7-12-30-22(27)21-18(13-15(2)3)31-23(32(24,28)29)20(21)17-10-8-16(9-11-17)14-19(26)25(4)5/h8-11,15H,6-7,12-14H2,1-5H3,(H2,24,28,29). The number of hydrogen-bond donors (Lipinski definition) is 1. The van der Waals surface area contributed by atoms with Gasteiger partial charge in [0.25, 0.3) is 0 Å². The number of carbonyl (C=O) groups excluding carboxylic acids is 2. The number of primary sulfonamides is 1. The average molecular weight is 481 g/mol. The Morgan fingerprint density at radius 3 is 2.28 bits per heavy atom. The van der Waals surface area contributed by atoms with Crippen molar-refractivity contribution in [1.82, 2.24) is 4.90 Å². The van der Waals surface area contributed by atoms with E-state index in [1.165, 1.54) is 4.90 Å². The van der Waals surface area contributed by atoms with Gasteiger partial charge in [0.05, 0.1) is 18.6 Å². The van der Waals surface area contributed by atoms with Crippen molar-refractivity contribution in [3.63, 3.8) is 0 Å². The van der Waals surface area contributed by atoms with E-state index in [-0.39, 0.29) is 40.2 Å². The molecule has 0 atom stereocenters. The van der Waals surface area contributed by atoms with Crippen molar-refractivity contribution in [2.24, 2.45) is 11.1 Å². The average Bonchev–Trinajstić information content (AvgIpc) is 3.07. The van der Waals surface area contributed by atoms with E-state index < -0.39 is 16.0 Å². The molecule has 0 aliphatic heterocycles. The summed E-state index contributed by atoms with van der Waals surface area (Å²) >= 11 is 1.03. The van der Waals surface area contributed by atoms with Crippen LogP contribution in [0.15, 0.2) is 28.5 Å². The number of hydrogen-bond acceptors (Lipinski definition) is 6. The van der Waals surface area contributed by atoms with Crippen LogP contribution < -0.4 is 5.14 Å². The molecule has 1 heterocycles. The van der Waals surface area contributed by atoms with Gasteiger partial charge in [-0.25, -0.2) is 18.4 Å². The Morgan fingerprint density at radius 1 is 1.16 bits per heavy atom. The molecule has 9 heteroatoms. The van der Waals surface area contributed by atoms with Crippen molar-refractivity contribution >= 4 is 33.2 Å². The van der Waals surface area contributed by atoms with Crippen molar-refractivity contribution in [1.29, 1.82) is 0 Å². The van der Waals surface area contributed by atoms with Gasteiger partial charge in [0.2, 0.25) is 15.9 Å². The highest BCUT2D eigenvalue weighted by Crippen LogP contribution is 2.41. The number of sulfonamides is 1. The topological polar surface area (TPSA) is 107 Å². The second-order valence-electron chi connectivity index (χ2n) is 8.36. The molecule has 176 valence electrons. The molecule has 7 nitrogen and oxygen atoms in total. The minimum absolute atomic E-state index is 0.0436. The quantitative estimate of drug-likeness (QED) is 0.411. The maximum atomic E-state index is 13.0. The van der Waals surface area contributed by atoms with Crippen LogP contribution in [0, 0.1) is 5.92 Å². The molecular formula is C23H32N2O5S2. The summed E-state index contributed by atoms with van der Waals surface area (Å²) < 4.78 is 30.3. The zero-order valence-corrected chi connectivity index (χ0v) is 20.9. The van der Waals surface area contributed by atoms with Gasteiger partial charge in [0.15, 0.2) is 0 Å². The van der Waals surface area contributed by atoms with Crippen LogP contribution in [-0.2, 0) is 32.4 Å². The van der Waals surface area contributed by atoms with Crippen molar-refractivity contribution in [2.75, 3.05) is 20.7 Å². The summed E-state index contributed by atoms with van der Waals surface area (Å²) in [6.45, 7) is 6.26. The molecule has 0 spiro atoms. The fourth-order valence-electron chi connectivity index (χ4n) is 3.15. The molecule has 0 saturated heterocycles. The van der Waals surface area contributed by atoms with Crippen LogP contribution in [0.1, 0.15) is 54.4 Å². The number of unbranched alkanes of at least 4 members (excludes halogenated alkanes) is 1. The molecule has 2 N–H and O–H groups in total. The molecule has 0 fully saturated rings. The first-order valence-corrected chi connectivity index (χ1v) is 13.0. The van der Waals surface area contributed by atoms with E-state index in [4.69, 9.17) is 9.88 Å². The normalized spacial score (nSPS) is 11.6. The van der Waals surface area contributed by atoms with Crippen molar-refractivity contribution in [2.45, 2.75) is 50.7 Å². The fraction of sp³-hybridized carbons (Fsp3) is 0.478. The van der Waals surface area contributed by atoms with E-state index in [9.17, 15) is 18.0 Å². The second kappa shape index (κ2) is 11.1. The Kier molecular flexibility index (Phi) is 9.00. The van der Waals surface area contributed by atoms with Gasteiger partial charge in [-0.1, -0.05) is 51.5 Å². The number of likely N-dealkylation sites (N-methyl/N-ethyl adjacent to an activating group) is 1. The van der Waals surface area contributed by atoms with Gasteiger partial charge in [0, 0.05) is 24.5 Å². The first-order chi connectivity index (χ1) is 15.0. The molecule has 1 aromatic heterocycles. The zero-order valence-electron chi connectivity index (χ0n) is 19.3. The summed E-state index contributed by atoms with van der Waals surface area (Å²) in [6.07, 6.45) is 2.35. The molecule has 0 saturated carbocycles. The van der Waals surface area contributed by atoms with Crippen molar-refractivity contribution in [3.05, 3.63) is 40.3 Å². The molecule has 2 rings (SSSR count). The van der Waals surface area contributed by atoms with Crippen LogP contribution in [0.2, 0.25) is 0 Å². The largest absolute Gasteiger partial charge is 0.462 e. The van der Waals surface area contributed by atoms with Crippen LogP contribution in [0.25, 0.3) is 11.1 Å². The Bertz CT molecular complexity index is 1050. The monoisotopic (exact) mass is 480 g/mol. The van der Waals surface area contributed by atoms with Crippen LogP contribution >= 0.6 is 11.3 Å². The van der Waals surface area contributed by atoms with E-state index in [0.29, 0.717) is 16.9 Å². The minimum Gasteiger partial charge on any atom is -0.462 e. The number of ether oxygens (including phenoxy) is 1. The van der Waals surface area contributed by atoms with Gasteiger partial charge in [0.1, 0.15) is 4.21 Å². The number of nitrogens with zero attached hydrogens (tertiary/aromatic N) is 1. The lowest BCUT2D eigenvalue weighted by Gasteiger charge is -2.12. The van der Waals surface area contributed by atoms with Crippen LogP contribution in [0.4, 0.5) is 0 Å². The molecule has 0 aliphatic rings. The number of thiophene rings is 1. The van der Waals surface area contributed by atoms with Gasteiger partial charge in [-0.15, -0.1) is 11.3 Å². The van der Waals surface area contributed by atoms with Crippen LogP contribution in [0.5, 0.6) is 0 Å². The van der Waals surface area contributed by atoms with Crippen LogP contribution in [-0.4, -0.2) is 45.9 Å². The lowest BCUT2D eigenvalue weighted by Crippen LogP contribution is -2.23. The van der Waals surface area contributed by atoms with Crippen LogP contribution in [0.3, 0.4) is 0 Å². The molecule has 0 radical (unpaired) electrons. The smallest absolute Gasteiger partial charge is 0.339 e. The highest BCUT2D eigenvalue weighted by molar-refractivity contribution is 7.91. The Hall–Kier alpha value is -2.23. The van der Waals surface area contributed by atoms with E-state index in [0.717, 1.165) is 29.7 Å². The Labute approximate surface area is 194 Å². The molecule has 0 bridgehead atoms. The third-order valence-electron chi connectivity index (χ3n) is 4.83. The molecular weight excluding hydrogens is 448 g/mol. The highest BCUT2D eigenvalue weighted by Gasteiger charge is 2.30. The lowest BCUT2D eigenvalue weighted by molar-refractivity contribution is -0.127. The molecule has 0 unspecified atom stereocenters. The number of amides is 1. The zero-order chi connectivity index (χ0) is 24.1. The molecule has 2 aromatic rings. The Morgan fingerprint density at radius 2 is 1.78 bits per heavy atom. The summed E-state index contributed by atoms with van der Waals surface area (Å²) in [5.41, 5.74) is 1.87. The van der Waals surface area contributed by atoms with Crippen molar-refractivity contribution in [3.8, 4) is 11.1 Å². The van der Waals surface area contributed by atoms with Crippen molar-refractivity contribution < 1.29 is 22.7 Å². The fourth-order valence-corrected chi connectivity index (χ4v) is 5.67. The number of benzene rings is 1. The summed E-state index contributed by atoms with van der Waals surface area (Å²) in [5.74, 6) is -0.378. The second-order valence-corrected chi connectivity index (χ2v) is 11.2. The SMILES string of the molecule is CCCCOC(=O)c1c(CC(C)C)sc(S(N)(=O)=O)c1-c1ccc(CC(=O)N(C)C)cc1. The van der Waals surface area contributed by atoms with Gasteiger partial charge in [-0.05, 0) is 29.9 Å². The van der Waals surface area contributed by atoms with E-state index in [1.54, 1.807) is 38.4 Å². The predicted molar refractivity (Wildman–Crippen MR) is 127 cm³/mol. The number of rotatable bonds is 10. The van der Waals surface area contributed by atoms with E-state index >= 15 is 0 Å². The molecule has 0 aliphatic carbocycles. The first kappa shape index (κ1) is 26.0. The van der Waals surface area contributed by atoms with Gasteiger partial charge < -0.3 is 9.64 Å². The predicted octanol–water partition coefficient (Wildman–Crippen LogP) is 3.85. The molecule has 1 amide bonds. The molecule has 32 heavy (non-hydrogen) atoms. The van der Waals surface area contributed by atoms with Gasteiger partial charge in [-0.2, -0.15) is 0 Å². The number of nitrogens with two attached hydrogens (primary N) is 1. The van der Waals surface area contributed by atoms with Gasteiger partial charge in [-0.3, -0.25) is 4.79 Å². The van der Waals surface area contributed by atoms with E-state index in [1.807, 2.05) is 20.8 Å². The third kappa shape index (κ3) is 6.63. The number of esters is 1. The van der Waals surface area contributed by atoms with Gasteiger partial charge >= 0.3 is 5.97 Å². The molecule has 1 aromatic carbocycles. The lowest BCUT2D eigenvalue weighted by atomic mass is 9.98. The number of carbonyl (C=O) groups is 2. The minimum atomic E-state index is -4.07. The maximum absolute atomic E-state index is 13.0. The third-order valence-corrected chi connectivity index (χ3v) is 7.51. The highest BCUT2D eigenvalue weighted by atomic mass is 32.2. The first-order valence-electron chi connectivity index (χ1n) is 10.6. The summed E-state index contributed by atoms with van der Waals surface area (Å²) in [4.78, 5) is 27.2. The summed E-state index contributed by atoms with van der Waals surface area (Å²) in [5, 5.41) is 5.54.